The van der Waals surface area contributed by atoms with Crippen molar-refractivity contribution in [2.45, 2.75) is 46.3 Å². The van der Waals surface area contributed by atoms with Crippen LogP contribution in [0.1, 0.15) is 37.8 Å². The van der Waals surface area contributed by atoms with E-state index in [9.17, 15) is 4.79 Å². The molecule has 0 bridgehead atoms. The number of nitrogens with zero attached hydrogens (tertiary/aromatic N) is 5. The van der Waals surface area contributed by atoms with Crippen molar-refractivity contribution in [2.24, 2.45) is 0 Å². The van der Waals surface area contributed by atoms with E-state index in [1.54, 1.807) is 4.80 Å². The van der Waals surface area contributed by atoms with E-state index in [1.165, 1.54) is 5.56 Å². The van der Waals surface area contributed by atoms with Crippen LogP contribution in [-0.2, 0) is 24.4 Å². The van der Waals surface area contributed by atoms with Gasteiger partial charge in [-0.05, 0) is 35.9 Å². The number of carbonyl (C=O) groups excluding carboxylic acids is 1. The number of aromatic nitrogens is 4. The summed E-state index contributed by atoms with van der Waals surface area (Å²) in [5, 5.41) is 15.5. The molecular weight excluding hydrogens is 376 g/mol. The summed E-state index contributed by atoms with van der Waals surface area (Å²) in [6.45, 7) is 8.45. The number of amides is 1. The van der Waals surface area contributed by atoms with Gasteiger partial charge in [0, 0.05) is 25.1 Å². The maximum atomic E-state index is 12.2. The largest absolute Gasteiger partial charge is 0.352 e. The summed E-state index contributed by atoms with van der Waals surface area (Å²) in [5.41, 5.74) is 3.33. The SMILES string of the molecule is CCN(CC)Cc1cccc(CNC(=O)CCCn2nnc(-c3ccccc3)n2)c1. The van der Waals surface area contributed by atoms with Crippen LogP contribution >= 0.6 is 0 Å². The predicted molar refractivity (Wildman–Crippen MR) is 117 cm³/mol. The van der Waals surface area contributed by atoms with Gasteiger partial charge in [-0.2, -0.15) is 4.80 Å². The third kappa shape index (κ3) is 6.49. The number of nitrogens with one attached hydrogen (secondary N) is 1. The van der Waals surface area contributed by atoms with Crippen molar-refractivity contribution in [1.82, 2.24) is 30.4 Å². The van der Waals surface area contributed by atoms with Gasteiger partial charge in [-0.3, -0.25) is 9.69 Å². The zero-order valence-electron chi connectivity index (χ0n) is 17.8. The molecule has 0 saturated heterocycles. The van der Waals surface area contributed by atoms with Crippen LogP contribution in [0.4, 0.5) is 0 Å². The lowest BCUT2D eigenvalue weighted by Gasteiger charge is -2.18. The first-order valence-corrected chi connectivity index (χ1v) is 10.6. The molecule has 3 aromatic rings. The van der Waals surface area contributed by atoms with Gasteiger partial charge in [-0.25, -0.2) is 0 Å². The first-order valence-electron chi connectivity index (χ1n) is 10.6. The molecule has 1 amide bonds. The van der Waals surface area contributed by atoms with Crippen LogP contribution in [0.2, 0.25) is 0 Å². The Morgan fingerprint density at radius 3 is 2.57 bits per heavy atom. The lowest BCUT2D eigenvalue weighted by atomic mass is 10.1. The van der Waals surface area contributed by atoms with E-state index in [2.05, 4.69) is 63.7 Å². The van der Waals surface area contributed by atoms with Crippen molar-refractivity contribution in [3.05, 3.63) is 65.7 Å². The molecular formula is C23H30N6O. The Kier molecular flexibility index (Phi) is 8.09. The highest BCUT2D eigenvalue weighted by molar-refractivity contribution is 5.75. The molecule has 7 nitrogen and oxygen atoms in total. The Morgan fingerprint density at radius 1 is 1.03 bits per heavy atom. The number of benzene rings is 2. The van der Waals surface area contributed by atoms with Crippen molar-refractivity contribution < 1.29 is 4.79 Å². The number of tetrazole rings is 1. The monoisotopic (exact) mass is 406 g/mol. The van der Waals surface area contributed by atoms with Gasteiger partial charge in [0.15, 0.2) is 0 Å². The summed E-state index contributed by atoms with van der Waals surface area (Å²) < 4.78 is 0. The Hall–Kier alpha value is -3.06. The summed E-state index contributed by atoms with van der Waals surface area (Å²) in [7, 11) is 0. The van der Waals surface area contributed by atoms with Crippen molar-refractivity contribution >= 4 is 5.91 Å². The van der Waals surface area contributed by atoms with E-state index in [0.29, 0.717) is 31.8 Å². The minimum atomic E-state index is 0.0348. The van der Waals surface area contributed by atoms with Gasteiger partial charge in [0.25, 0.3) is 0 Å². The fourth-order valence-electron chi connectivity index (χ4n) is 3.25. The lowest BCUT2D eigenvalue weighted by molar-refractivity contribution is -0.121. The van der Waals surface area contributed by atoms with Crippen molar-refractivity contribution in [3.8, 4) is 11.4 Å². The maximum Gasteiger partial charge on any atom is 0.220 e. The summed E-state index contributed by atoms with van der Waals surface area (Å²) in [4.78, 5) is 16.1. The lowest BCUT2D eigenvalue weighted by Crippen LogP contribution is -2.24. The molecule has 0 radical (unpaired) electrons. The Bertz CT molecular complexity index is 920. The van der Waals surface area contributed by atoms with Gasteiger partial charge in [0.05, 0.1) is 6.54 Å². The second-order valence-corrected chi connectivity index (χ2v) is 7.24. The van der Waals surface area contributed by atoms with Crippen LogP contribution in [0.25, 0.3) is 11.4 Å². The van der Waals surface area contributed by atoms with Gasteiger partial charge in [-0.15, -0.1) is 10.2 Å². The summed E-state index contributed by atoms with van der Waals surface area (Å²) >= 11 is 0. The average molecular weight is 407 g/mol. The quantitative estimate of drug-likeness (QED) is 0.529. The normalized spacial score (nSPS) is 11.0. The van der Waals surface area contributed by atoms with Crippen LogP contribution < -0.4 is 5.32 Å². The molecule has 0 aliphatic heterocycles. The van der Waals surface area contributed by atoms with Crippen LogP contribution in [-0.4, -0.2) is 44.1 Å². The second kappa shape index (κ2) is 11.2. The highest BCUT2D eigenvalue weighted by Crippen LogP contribution is 2.12. The van der Waals surface area contributed by atoms with Gasteiger partial charge in [-0.1, -0.05) is 68.4 Å². The first kappa shape index (κ1) is 21.6. The van der Waals surface area contributed by atoms with Crippen molar-refractivity contribution in [1.29, 1.82) is 0 Å². The number of hydrogen-bond acceptors (Lipinski definition) is 5. The summed E-state index contributed by atoms with van der Waals surface area (Å²) in [6.07, 6.45) is 1.10. The predicted octanol–water partition coefficient (Wildman–Crippen LogP) is 3.28. The molecule has 0 fully saturated rings. The Balaban J connectivity index is 1.41. The van der Waals surface area contributed by atoms with Crippen molar-refractivity contribution in [2.75, 3.05) is 13.1 Å². The van der Waals surface area contributed by atoms with E-state index in [-0.39, 0.29) is 5.91 Å². The molecule has 0 atom stereocenters. The summed E-state index contributed by atoms with van der Waals surface area (Å²) in [6, 6.07) is 18.2. The minimum absolute atomic E-state index is 0.0348. The van der Waals surface area contributed by atoms with Gasteiger partial charge in [0.1, 0.15) is 0 Å². The van der Waals surface area contributed by atoms with Crippen LogP contribution in [0.3, 0.4) is 0 Å². The molecule has 0 spiro atoms. The van der Waals surface area contributed by atoms with Gasteiger partial charge >= 0.3 is 0 Å². The molecule has 3 rings (SSSR count). The third-order valence-corrected chi connectivity index (χ3v) is 5.03. The molecule has 0 unspecified atom stereocenters. The van der Waals surface area contributed by atoms with E-state index in [4.69, 9.17) is 0 Å². The van der Waals surface area contributed by atoms with Gasteiger partial charge in [0.2, 0.25) is 11.7 Å². The molecule has 1 aromatic heterocycles. The Labute approximate surface area is 178 Å². The number of carbonyl (C=O) groups is 1. The highest BCUT2D eigenvalue weighted by Gasteiger charge is 2.07. The smallest absolute Gasteiger partial charge is 0.220 e. The Morgan fingerprint density at radius 2 is 1.80 bits per heavy atom. The highest BCUT2D eigenvalue weighted by atomic mass is 16.1. The molecule has 7 heteroatoms. The first-order chi connectivity index (χ1) is 14.7. The molecule has 2 aromatic carbocycles. The number of hydrogen-bond donors (Lipinski definition) is 1. The standard InChI is InChI=1S/C23H30N6O/c1-3-28(4-2)18-20-11-8-10-19(16-20)17-24-22(30)14-9-15-29-26-23(25-27-29)21-12-6-5-7-13-21/h5-8,10-13,16H,3-4,9,14-15,17-18H2,1-2H3,(H,24,30). The zero-order valence-corrected chi connectivity index (χ0v) is 17.8. The van der Waals surface area contributed by atoms with E-state index in [1.807, 2.05) is 30.3 Å². The van der Waals surface area contributed by atoms with E-state index in [0.717, 1.165) is 30.8 Å². The molecule has 1 N–H and O–H groups in total. The second-order valence-electron chi connectivity index (χ2n) is 7.24. The molecule has 1 heterocycles. The van der Waals surface area contributed by atoms with Crippen LogP contribution in [0, 0.1) is 0 Å². The molecule has 0 aliphatic rings. The van der Waals surface area contributed by atoms with E-state index >= 15 is 0 Å². The molecule has 158 valence electrons. The fourth-order valence-corrected chi connectivity index (χ4v) is 3.25. The number of rotatable bonds is 11. The van der Waals surface area contributed by atoms with Crippen molar-refractivity contribution in [3.63, 3.8) is 0 Å². The van der Waals surface area contributed by atoms with E-state index < -0.39 is 0 Å². The molecule has 30 heavy (non-hydrogen) atoms. The van der Waals surface area contributed by atoms with Crippen LogP contribution in [0.15, 0.2) is 54.6 Å². The topological polar surface area (TPSA) is 75.9 Å². The molecule has 0 saturated carbocycles. The minimum Gasteiger partial charge on any atom is -0.352 e. The van der Waals surface area contributed by atoms with Crippen LogP contribution in [0.5, 0.6) is 0 Å². The third-order valence-electron chi connectivity index (χ3n) is 5.03. The zero-order chi connectivity index (χ0) is 21.2. The average Bonchev–Trinajstić information content (AvgIpc) is 3.26. The van der Waals surface area contributed by atoms with Gasteiger partial charge < -0.3 is 5.32 Å². The maximum absolute atomic E-state index is 12.2. The fraction of sp³-hybridized carbons (Fsp3) is 0.391. The molecule has 0 aliphatic carbocycles. The summed E-state index contributed by atoms with van der Waals surface area (Å²) in [5.74, 6) is 0.636. The number of aryl methyl sites for hydroxylation is 1.